The fourth-order valence-electron chi connectivity index (χ4n) is 3.54. The molecule has 144 valence electrons. The lowest BCUT2D eigenvalue weighted by molar-refractivity contribution is 0.0552. The summed E-state index contributed by atoms with van der Waals surface area (Å²) in [5, 5.41) is 10.2. The van der Waals surface area contributed by atoms with Crippen LogP contribution in [0.3, 0.4) is 0 Å². The van der Waals surface area contributed by atoms with Gasteiger partial charge in [-0.15, -0.1) is 4.36 Å². The van der Waals surface area contributed by atoms with Gasteiger partial charge in [0.25, 0.3) is 0 Å². The maximum absolute atomic E-state index is 13.8. The molecule has 7 nitrogen and oxygen atoms in total. The van der Waals surface area contributed by atoms with E-state index < -0.39 is 33.3 Å². The number of nitrogens with zero attached hydrogens (tertiary/aromatic N) is 3. The Morgan fingerprint density at radius 3 is 2.59 bits per heavy atom. The topological polar surface area (TPSA) is 102 Å². The molecule has 0 bridgehead atoms. The number of aryl methyl sites for hydroxylation is 2. The first kappa shape index (κ1) is 18.0. The third kappa shape index (κ3) is 3.10. The summed E-state index contributed by atoms with van der Waals surface area (Å²) in [4.78, 5) is 12.3. The summed E-state index contributed by atoms with van der Waals surface area (Å²) in [6, 6.07) is 1.12. The Morgan fingerprint density at radius 2 is 1.96 bits per heavy atom. The number of urea groups is 1. The molecular weight excluding hydrogens is 383 g/mol. The summed E-state index contributed by atoms with van der Waals surface area (Å²) < 4.78 is 54.7. The third-order valence-corrected chi connectivity index (χ3v) is 6.10. The zero-order valence-corrected chi connectivity index (χ0v) is 14.9. The number of nitrogens with one attached hydrogen (secondary N) is 1. The van der Waals surface area contributed by atoms with Crippen molar-refractivity contribution in [2.45, 2.75) is 43.7 Å². The Kier molecular flexibility index (Phi) is 4.22. The molecule has 1 atom stereocenters. The van der Waals surface area contributed by atoms with Crippen LogP contribution in [0.4, 0.5) is 23.7 Å². The maximum Gasteiger partial charge on any atom is 0.354 e. The second-order valence-electron chi connectivity index (χ2n) is 6.51. The van der Waals surface area contributed by atoms with Crippen LogP contribution < -0.4 is 10.5 Å². The Hall–Kier alpha value is -2.40. The van der Waals surface area contributed by atoms with Gasteiger partial charge in [0.05, 0.1) is 6.20 Å². The lowest BCUT2D eigenvalue weighted by Crippen LogP contribution is -2.22. The van der Waals surface area contributed by atoms with Crippen molar-refractivity contribution < 1.29 is 22.2 Å². The minimum absolute atomic E-state index is 0.0304. The second kappa shape index (κ2) is 6.34. The highest BCUT2D eigenvalue weighted by Crippen LogP contribution is 2.39. The highest BCUT2D eigenvalue weighted by atomic mass is 32.2. The molecule has 0 spiro atoms. The monoisotopic (exact) mass is 399 g/mol. The first-order valence-electron chi connectivity index (χ1n) is 8.31. The van der Waals surface area contributed by atoms with Crippen molar-refractivity contribution in [3.05, 3.63) is 40.3 Å². The van der Waals surface area contributed by atoms with Crippen LogP contribution in [-0.2, 0) is 35.6 Å². The van der Waals surface area contributed by atoms with Crippen LogP contribution in [0.1, 0.15) is 35.2 Å². The third-order valence-electron chi connectivity index (χ3n) is 4.83. The second-order valence-corrected chi connectivity index (χ2v) is 8.22. The molecule has 3 N–H and O–H groups in total. The van der Waals surface area contributed by atoms with Gasteiger partial charge < -0.3 is 5.32 Å². The fraction of sp³-hybridized carbons (Fsp3) is 0.375. The molecule has 0 saturated heterocycles. The summed E-state index contributed by atoms with van der Waals surface area (Å²) in [6.45, 7) is -3.14. The van der Waals surface area contributed by atoms with Crippen molar-refractivity contribution in [1.82, 2.24) is 9.78 Å². The van der Waals surface area contributed by atoms with Gasteiger partial charge >= 0.3 is 12.6 Å². The Balaban J connectivity index is 1.66. The zero-order chi connectivity index (χ0) is 19.3. The van der Waals surface area contributed by atoms with Gasteiger partial charge in [-0.3, -0.25) is 0 Å². The summed E-state index contributed by atoms with van der Waals surface area (Å²) >= 11 is 0. The van der Waals surface area contributed by atoms with E-state index in [0.29, 0.717) is 11.9 Å². The largest absolute Gasteiger partial charge is 0.354 e. The van der Waals surface area contributed by atoms with Crippen molar-refractivity contribution >= 4 is 21.6 Å². The number of fused-ring (bicyclic) bond motifs is 2. The van der Waals surface area contributed by atoms with E-state index in [9.17, 15) is 22.2 Å². The summed E-state index contributed by atoms with van der Waals surface area (Å²) in [5.41, 5.74) is 5.00. The van der Waals surface area contributed by atoms with Crippen molar-refractivity contribution in [2.24, 2.45) is 9.50 Å². The summed E-state index contributed by atoms with van der Waals surface area (Å²) in [5.74, 6) is -1.32. The normalized spacial score (nSPS) is 17.1. The molecule has 1 aromatic carbocycles. The van der Waals surface area contributed by atoms with Gasteiger partial charge in [-0.2, -0.15) is 13.9 Å². The van der Waals surface area contributed by atoms with E-state index in [0.717, 1.165) is 48.8 Å². The number of hydrogen-bond donors (Lipinski definition) is 2. The van der Waals surface area contributed by atoms with Crippen LogP contribution in [0, 0.1) is 5.82 Å². The number of halogens is 3. The number of alkyl halides is 2. The molecular formula is C16H16F3N5O2S. The lowest BCUT2D eigenvalue weighted by atomic mass is 9.83. The Labute approximate surface area is 153 Å². The van der Waals surface area contributed by atoms with Crippen LogP contribution >= 0.6 is 0 Å². The van der Waals surface area contributed by atoms with Crippen molar-refractivity contribution in [2.75, 3.05) is 5.32 Å². The van der Waals surface area contributed by atoms with E-state index >= 15 is 0 Å². The average molecular weight is 399 g/mol. The molecule has 0 radical (unpaired) electrons. The number of anilines is 1. The first-order valence-corrected chi connectivity index (χ1v) is 9.89. The van der Waals surface area contributed by atoms with Gasteiger partial charge in [-0.25, -0.2) is 23.2 Å². The molecule has 11 heteroatoms. The predicted molar refractivity (Wildman–Crippen MR) is 91.4 cm³/mol. The van der Waals surface area contributed by atoms with Crippen LogP contribution in [0.5, 0.6) is 0 Å². The summed E-state index contributed by atoms with van der Waals surface area (Å²) in [7, 11) is -4.12. The molecule has 2 amide bonds. The molecule has 2 aromatic rings. The van der Waals surface area contributed by atoms with Crippen LogP contribution in [0.15, 0.2) is 21.7 Å². The molecule has 1 heterocycles. The van der Waals surface area contributed by atoms with E-state index in [1.807, 2.05) is 0 Å². The van der Waals surface area contributed by atoms with Gasteiger partial charge in [-0.1, -0.05) is 6.07 Å². The molecule has 4 rings (SSSR count). The maximum atomic E-state index is 13.8. The Bertz CT molecular complexity index is 1070. The average Bonchev–Trinajstić information content (AvgIpc) is 3.16. The van der Waals surface area contributed by atoms with Crippen molar-refractivity contribution in [3.8, 4) is 0 Å². The van der Waals surface area contributed by atoms with Crippen molar-refractivity contribution in [3.63, 3.8) is 0 Å². The smallest absolute Gasteiger partial charge is 0.305 e. The van der Waals surface area contributed by atoms with Gasteiger partial charge in [0, 0.05) is 5.69 Å². The van der Waals surface area contributed by atoms with Gasteiger partial charge in [-0.05, 0) is 54.4 Å². The first-order chi connectivity index (χ1) is 12.8. The molecule has 2 aliphatic carbocycles. The zero-order valence-electron chi connectivity index (χ0n) is 14.0. The standard InChI is InChI=1S/C16H16F3N5O2S/c17-12-7-24(15(18)19)22-14(12)27(20,26)23-16(25)21-13-10-3-1-2-8(10)6-9-4-5-11(9)13/h6-7,15H,1-5H2,(H3,20,21,23,25,26)/t27-/m0/s1. The molecule has 0 fully saturated rings. The van der Waals surface area contributed by atoms with E-state index in [1.165, 1.54) is 5.56 Å². The number of rotatable bonds is 3. The molecule has 0 saturated carbocycles. The van der Waals surface area contributed by atoms with Crippen LogP contribution in [0.2, 0.25) is 0 Å². The SMILES string of the molecule is N[S@](=O)(=NC(=O)Nc1c2c(cc3c1CC3)CCC2)c1nn(C(F)F)cc1F. The van der Waals surface area contributed by atoms with Gasteiger partial charge in [0.15, 0.2) is 15.7 Å². The number of amides is 2. The fourth-order valence-corrected chi connectivity index (χ4v) is 4.46. The van der Waals surface area contributed by atoms with Crippen LogP contribution in [-0.4, -0.2) is 20.0 Å². The lowest BCUT2D eigenvalue weighted by Gasteiger charge is -2.25. The minimum Gasteiger partial charge on any atom is -0.305 e. The minimum atomic E-state index is -4.12. The van der Waals surface area contributed by atoms with Crippen LogP contribution in [0.25, 0.3) is 0 Å². The van der Waals surface area contributed by atoms with E-state index in [1.54, 1.807) is 0 Å². The number of nitrogens with two attached hydrogens (primary N) is 1. The van der Waals surface area contributed by atoms with Gasteiger partial charge in [0.2, 0.25) is 5.03 Å². The van der Waals surface area contributed by atoms with Crippen molar-refractivity contribution in [1.29, 1.82) is 0 Å². The highest BCUT2D eigenvalue weighted by Gasteiger charge is 2.27. The summed E-state index contributed by atoms with van der Waals surface area (Å²) in [6.07, 6.45) is 4.79. The predicted octanol–water partition coefficient (Wildman–Crippen LogP) is 2.94. The molecule has 1 aromatic heterocycles. The molecule has 2 aliphatic rings. The number of carbonyl (C=O) groups excluding carboxylic acids is 1. The molecule has 0 aliphatic heterocycles. The Morgan fingerprint density at radius 1 is 1.26 bits per heavy atom. The highest BCUT2D eigenvalue weighted by molar-refractivity contribution is 7.91. The number of carbonyl (C=O) groups is 1. The van der Waals surface area contributed by atoms with E-state index in [4.69, 9.17) is 5.14 Å². The number of aromatic nitrogens is 2. The number of benzene rings is 1. The number of hydrogen-bond acceptors (Lipinski definition) is 3. The van der Waals surface area contributed by atoms with E-state index in [2.05, 4.69) is 20.8 Å². The van der Waals surface area contributed by atoms with Gasteiger partial charge in [0.1, 0.15) is 0 Å². The molecule has 0 unspecified atom stereocenters. The quantitative estimate of drug-likeness (QED) is 0.829. The van der Waals surface area contributed by atoms with E-state index in [-0.39, 0.29) is 4.68 Å². The molecule has 27 heavy (non-hydrogen) atoms.